The van der Waals surface area contributed by atoms with E-state index in [2.05, 4.69) is 10.6 Å². The Morgan fingerprint density at radius 2 is 1.90 bits per heavy atom. The molecule has 0 unspecified atom stereocenters. The van der Waals surface area contributed by atoms with Crippen LogP contribution in [0.15, 0.2) is 12.1 Å². The van der Waals surface area contributed by atoms with Gasteiger partial charge >= 0.3 is 0 Å². The van der Waals surface area contributed by atoms with E-state index in [-0.39, 0.29) is 12.5 Å². The van der Waals surface area contributed by atoms with E-state index in [9.17, 15) is 4.79 Å². The molecule has 1 aliphatic rings. The first-order valence-corrected chi connectivity index (χ1v) is 7.46. The normalized spacial score (nSPS) is 14.8. The fourth-order valence-corrected chi connectivity index (χ4v) is 2.75. The van der Waals surface area contributed by atoms with Crippen molar-refractivity contribution in [2.24, 2.45) is 0 Å². The summed E-state index contributed by atoms with van der Waals surface area (Å²) in [5.74, 6) is 1.10. The maximum Gasteiger partial charge on any atom is 0.239 e. The van der Waals surface area contributed by atoms with E-state index in [1.165, 1.54) is 12.8 Å². The highest BCUT2D eigenvalue weighted by Gasteiger charge is 2.17. The number of benzene rings is 1. The van der Waals surface area contributed by atoms with E-state index in [1.54, 1.807) is 26.4 Å². The van der Waals surface area contributed by atoms with E-state index < -0.39 is 0 Å². The molecule has 0 radical (unpaired) electrons. The predicted molar refractivity (Wildman–Crippen MR) is 83.4 cm³/mol. The number of carbonyl (C=O) groups is 1. The van der Waals surface area contributed by atoms with E-state index in [0.29, 0.717) is 28.3 Å². The zero-order chi connectivity index (χ0) is 15.2. The van der Waals surface area contributed by atoms with Gasteiger partial charge in [0.2, 0.25) is 5.91 Å². The van der Waals surface area contributed by atoms with Crippen LogP contribution in [0.5, 0.6) is 11.5 Å². The van der Waals surface area contributed by atoms with Crippen LogP contribution in [0.2, 0.25) is 5.02 Å². The van der Waals surface area contributed by atoms with Crippen molar-refractivity contribution in [3.63, 3.8) is 0 Å². The Labute approximate surface area is 130 Å². The molecule has 5 nitrogen and oxygen atoms in total. The number of hydrogen-bond donors (Lipinski definition) is 2. The molecular weight excluding hydrogens is 292 g/mol. The van der Waals surface area contributed by atoms with E-state index >= 15 is 0 Å². The van der Waals surface area contributed by atoms with Crippen molar-refractivity contribution in [3.8, 4) is 11.5 Å². The van der Waals surface area contributed by atoms with Gasteiger partial charge in [-0.1, -0.05) is 24.4 Å². The molecule has 1 amide bonds. The number of nitrogens with one attached hydrogen (secondary N) is 2. The molecule has 0 bridgehead atoms. The fourth-order valence-electron chi connectivity index (χ4n) is 2.52. The SMILES string of the molecule is COc1cc(NCC(=O)NC2CCCC2)c(OC)cc1Cl. The summed E-state index contributed by atoms with van der Waals surface area (Å²) in [5, 5.41) is 6.56. The van der Waals surface area contributed by atoms with Gasteiger partial charge in [0.05, 0.1) is 31.5 Å². The summed E-state index contributed by atoms with van der Waals surface area (Å²) in [6.07, 6.45) is 4.54. The first kappa shape index (κ1) is 15.8. The van der Waals surface area contributed by atoms with Gasteiger partial charge in [0.1, 0.15) is 11.5 Å². The predicted octanol–water partition coefficient (Wildman–Crippen LogP) is 2.83. The maximum atomic E-state index is 11.9. The molecule has 1 aromatic carbocycles. The van der Waals surface area contributed by atoms with Crippen molar-refractivity contribution >= 4 is 23.2 Å². The number of ether oxygens (including phenoxy) is 2. The van der Waals surface area contributed by atoms with Crippen LogP contribution in [-0.4, -0.2) is 32.7 Å². The third-order valence-corrected chi connectivity index (χ3v) is 3.93. The van der Waals surface area contributed by atoms with E-state index in [1.807, 2.05) is 0 Å². The number of methoxy groups -OCH3 is 2. The molecule has 21 heavy (non-hydrogen) atoms. The van der Waals surface area contributed by atoms with Crippen LogP contribution in [-0.2, 0) is 4.79 Å². The van der Waals surface area contributed by atoms with Crippen LogP contribution < -0.4 is 20.1 Å². The van der Waals surface area contributed by atoms with E-state index in [0.717, 1.165) is 12.8 Å². The van der Waals surface area contributed by atoms with Gasteiger partial charge in [0, 0.05) is 18.2 Å². The lowest BCUT2D eigenvalue weighted by Gasteiger charge is -2.15. The standard InChI is InChI=1S/C15H21ClN2O3/c1-20-13-8-12(14(21-2)7-11(13)16)17-9-15(19)18-10-5-3-4-6-10/h7-8,10,17H,3-6,9H2,1-2H3,(H,18,19). The Morgan fingerprint density at radius 3 is 2.52 bits per heavy atom. The lowest BCUT2D eigenvalue weighted by molar-refractivity contribution is -0.120. The van der Waals surface area contributed by atoms with Crippen LogP contribution in [0.3, 0.4) is 0 Å². The second kappa shape index (κ2) is 7.41. The average molecular weight is 313 g/mol. The minimum Gasteiger partial charge on any atom is -0.495 e. The third-order valence-electron chi connectivity index (χ3n) is 3.63. The lowest BCUT2D eigenvalue weighted by atomic mass is 10.2. The van der Waals surface area contributed by atoms with Gasteiger partial charge in [-0.25, -0.2) is 0 Å². The number of carbonyl (C=O) groups excluding carboxylic acids is 1. The Bertz CT molecular complexity index is 502. The van der Waals surface area contributed by atoms with Crippen molar-refractivity contribution in [2.45, 2.75) is 31.7 Å². The summed E-state index contributed by atoms with van der Waals surface area (Å²) in [6, 6.07) is 3.71. The van der Waals surface area contributed by atoms with E-state index in [4.69, 9.17) is 21.1 Å². The monoisotopic (exact) mass is 312 g/mol. The molecular formula is C15H21ClN2O3. The van der Waals surface area contributed by atoms with Crippen molar-refractivity contribution in [1.29, 1.82) is 0 Å². The topological polar surface area (TPSA) is 59.6 Å². The third kappa shape index (κ3) is 4.17. The van der Waals surface area contributed by atoms with Crippen LogP contribution >= 0.6 is 11.6 Å². The first-order chi connectivity index (χ1) is 10.1. The van der Waals surface area contributed by atoms with Gasteiger partial charge in [-0.2, -0.15) is 0 Å². The molecule has 6 heteroatoms. The quantitative estimate of drug-likeness (QED) is 0.848. The van der Waals surface area contributed by atoms with Gasteiger partial charge in [-0.3, -0.25) is 4.79 Å². The molecule has 0 aromatic heterocycles. The minimum absolute atomic E-state index is 0.0159. The number of amides is 1. The summed E-state index contributed by atoms with van der Waals surface area (Å²) < 4.78 is 10.4. The highest BCUT2D eigenvalue weighted by Crippen LogP contribution is 2.35. The molecule has 116 valence electrons. The Hall–Kier alpha value is -1.62. The Balaban J connectivity index is 1.96. The van der Waals surface area contributed by atoms with Gasteiger partial charge in [-0.15, -0.1) is 0 Å². The summed E-state index contributed by atoms with van der Waals surface area (Å²) in [4.78, 5) is 11.9. The van der Waals surface area contributed by atoms with Crippen LogP contribution in [0.25, 0.3) is 0 Å². The molecule has 0 saturated heterocycles. The van der Waals surface area contributed by atoms with Crippen molar-refractivity contribution in [3.05, 3.63) is 17.2 Å². The number of halogens is 1. The van der Waals surface area contributed by atoms with Crippen molar-refractivity contribution < 1.29 is 14.3 Å². The summed E-state index contributed by atoms with van der Waals surface area (Å²) in [6.45, 7) is 0.192. The molecule has 1 saturated carbocycles. The zero-order valence-electron chi connectivity index (χ0n) is 12.4. The minimum atomic E-state index is -0.0159. The van der Waals surface area contributed by atoms with Crippen LogP contribution in [0.1, 0.15) is 25.7 Å². The van der Waals surface area contributed by atoms with Gasteiger partial charge in [-0.05, 0) is 12.8 Å². The second-order valence-corrected chi connectivity index (χ2v) is 5.50. The zero-order valence-corrected chi connectivity index (χ0v) is 13.1. The molecule has 1 aromatic rings. The molecule has 0 atom stereocenters. The molecule has 0 spiro atoms. The van der Waals surface area contributed by atoms with Gasteiger partial charge < -0.3 is 20.1 Å². The molecule has 1 aliphatic carbocycles. The maximum absolute atomic E-state index is 11.9. The number of hydrogen-bond acceptors (Lipinski definition) is 4. The summed E-state index contributed by atoms with van der Waals surface area (Å²) >= 11 is 6.04. The summed E-state index contributed by atoms with van der Waals surface area (Å²) in [7, 11) is 3.10. The molecule has 1 fully saturated rings. The second-order valence-electron chi connectivity index (χ2n) is 5.09. The van der Waals surface area contributed by atoms with Gasteiger partial charge in [0.15, 0.2) is 0 Å². The molecule has 2 rings (SSSR count). The van der Waals surface area contributed by atoms with Crippen LogP contribution in [0, 0.1) is 0 Å². The molecule has 0 aliphatic heterocycles. The number of rotatable bonds is 6. The first-order valence-electron chi connectivity index (χ1n) is 7.08. The highest BCUT2D eigenvalue weighted by molar-refractivity contribution is 6.32. The average Bonchev–Trinajstić information content (AvgIpc) is 2.98. The smallest absolute Gasteiger partial charge is 0.239 e. The highest BCUT2D eigenvalue weighted by atomic mass is 35.5. The summed E-state index contributed by atoms with van der Waals surface area (Å²) in [5.41, 5.74) is 0.681. The van der Waals surface area contributed by atoms with Gasteiger partial charge in [0.25, 0.3) is 0 Å². The van der Waals surface area contributed by atoms with Crippen LogP contribution in [0.4, 0.5) is 5.69 Å². The fraction of sp³-hybridized carbons (Fsp3) is 0.533. The Morgan fingerprint density at radius 1 is 1.24 bits per heavy atom. The number of anilines is 1. The van der Waals surface area contributed by atoms with Crippen molar-refractivity contribution in [2.75, 3.05) is 26.1 Å². The van der Waals surface area contributed by atoms with Crippen molar-refractivity contribution in [1.82, 2.24) is 5.32 Å². The Kier molecular flexibility index (Phi) is 5.56. The lowest BCUT2D eigenvalue weighted by Crippen LogP contribution is -2.36. The molecule has 2 N–H and O–H groups in total. The molecule has 0 heterocycles. The largest absolute Gasteiger partial charge is 0.495 e.